The molecular formula is C30H37BO5. The van der Waals surface area contributed by atoms with Crippen LogP contribution in [-0.2, 0) is 25.3 Å². The molecule has 5 nitrogen and oxygen atoms in total. The standard InChI is InChI=1S/C30H37BO5/c1-20-11-9-14-25-21(12-10-13-24(20)25)17-22-18-23(31-35-29(5,6)30(7,8)36-31)15-16-26(22)33-19-27(32)34-28(2,3)4/h9-16,18H,17,19H2,1-8H3. The van der Waals surface area contributed by atoms with Crippen molar-refractivity contribution < 1.29 is 23.6 Å². The normalized spacial score (nSPS) is 16.8. The minimum Gasteiger partial charge on any atom is -0.482 e. The lowest BCUT2D eigenvalue weighted by atomic mass is 9.77. The van der Waals surface area contributed by atoms with Crippen molar-refractivity contribution in [1.29, 1.82) is 0 Å². The Bertz CT molecular complexity index is 1260. The van der Waals surface area contributed by atoms with E-state index in [2.05, 4.69) is 49.4 Å². The van der Waals surface area contributed by atoms with Gasteiger partial charge < -0.3 is 18.8 Å². The molecule has 0 saturated carbocycles. The number of benzene rings is 3. The van der Waals surface area contributed by atoms with Crippen LogP contribution in [0.5, 0.6) is 5.75 Å². The van der Waals surface area contributed by atoms with E-state index in [1.54, 1.807) is 0 Å². The Morgan fingerprint density at radius 3 is 2.19 bits per heavy atom. The predicted octanol–water partition coefficient (Wildman–Crippen LogP) is 5.76. The van der Waals surface area contributed by atoms with Crippen molar-refractivity contribution in [3.63, 3.8) is 0 Å². The van der Waals surface area contributed by atoms with Crippen LogP contribution >= 0.6 is 0 Å². The molecule has 1 aliphatic heterocycles. The lowest BCUT2D eigenvalue weighted by Gasteiger charge is -2.32. The van der Waals surface area contributed by atoms with Crippen LogP contribution in [0.1, 0.15) is 65.2 Å². The average molecular weight is 488 g/mol. The van der Waals surface area contributed by atoms with Gasteiger partial charge in [-0.25, -0.2) is 4.79 Å². The molecule has 0 aliphatic carbocycles. The highest BCUT2D eigenvalue weighted by atomic mass is 16.7. The maximum Gasteiger partial charge on any atom is 0.494 e. The van der Waals surface area contributed by atoms with Crippen molar-refractivity contribution >= 4 is 29.3 Å². The fourth-order valence-electron chi connectivity index (χ4n) is 4.40. The van der Waals surface area contributed by atoms with Crippen molar-refractivity contribution in [2.24, 2.45) is 0 Å². The first kappa shape index (κ1) is 26.2. The molecule has 0 bridgehead atoms. The molecule has 0 atom stereocenters. The monoisotopic (exact) mass is 488 g/mol. The van der Waals surface area contributed by atoms with Gasteiger partial charge in [-0.1, -0.05) is 48.5 Å². The van der Waals surface area contributed by atoms with Gasteiger partial charge in [-0.15, -0.1) is 0 Å². The third-order valence-electron chi connectivity index (χ3n) is 6.99. The van der Waals surface area contributed by atoms with E-state index in [1.807, 2.05) is 60.6 Å². The molecule has 190 valence electrons. The quantitative estimate of drug-likeness (QED) is 0.326. The van der Waals surface area contributed by atoms with Gasteiger partial charge in [0, 0.05) is 6.42 Å². The summed E-state index contributed by atoms with van der Waals surface area (Å²) < 4.78 is 24.0. The zero-order valence-electron chi connectivity index (χ0n) is 22.7. The molecule has 0 amide bonds. The van der Waals surface area contributed by atoms with Crippen LogP contribution in [-0.4, -0.2) is 36.5 Å². The van der Waals surface area contributed by atoms with Gasteiger partial charge in [-0.2, -0.15) is 0 Å². The number of hydrogen-bond donors (Lipinski definition) is 0. The van der Waals surface area contributed by atoms with Crippen LogP contribution in [0.15, 0.2) is 54.6 Å². The first-order valence-corrected chi connectivity index (χ1v) is 12.6. The smallest absolute Gasteiger partial charge is 0.482 e. The lowest BCUT2D eigenvalue weighted by molar-refractivity contribution is -0.157. The molecule has 0 N–H and O–H groups in total. The van der Waals surface area contributed by atoms with Gasteiger partial charge in [0.2, 0.25) is 0 Å². The molecule has 3 aromatic rings. The van der Waals surface area contributed by atoms with Gasteiger partial charge >= 0.3 is 13.1 Å². The number of esters is 1. The molecule has 1 aliphatic rings. The molecule has 0 radical (unpaired) electrons. The Kier molecular flexibility index (Phi) is 6.97. The number of carbonyl (C=O) groups is 1. The van der Waals surface area contributed by atoms with E-state index in [9.17, 15) is 4.79 Å². The van der Waals surface area contributed by atoms with Crippen molar-refractivity contribution in [2.45, 2.75) is 78.6 Å². The number of aryl methyl sites for hydroxylation is 1. The summed E-state index contributed by atoms with van der Waals surface area (Å²) >= 11 is 0. The van der Waals surface area contributed by atoms with Crippen LogP contribution in [0, 0.1) is 6.92 Å². The van der Waals surface area contributed by atoms with Crippen molar-refractivity contribution in [2.75, 3.05) is 6.61 Å². The van der Waals surface area contributed by atoms with Crippen LogP contribution in [0.3, 0.4) is 0 Å². The molecule has 1 heterocycles. The van der Waals surface area contributed by atoms with Gasteiger partial charge in [-0.05, 0) is 94.4 Å². The number of fused-ring (bicyclic) bond motifs is 1. The number of hydrogen-bond acceptors (Lipinski definition) is 5. The van der Waals surface area contributed by atoms with E-state index in [-0.39, 0.29) is 6.61 Å². The minimum atomic E-state index is -0.565. The first-order chi connectivity index (χ1) is 16.8. The van der Waals surface area contributed by atoms with E-state index in [0.29, 0.717) is 12.2 Å². The molecular weight excluding hydrogens is 451 g/mol. The molecule has 0 spiro atoms. The molecule has 4 rings (SSSR count). The highest BCUT2D eigenvalue weighted by Gasteiger charge is 2.51. The van der Waals surface area contributed by atoms with E-state index in [0.717, 1.165) is 11.0 Å². The lowest BCUT2D eigenvalue weighted by Crippen LogP contribution is -2.41. The zero-order valence-corrected chi connectivity index (χ0v) is 22.7. The summed E-state index contributed by atoms with van der Waals surface area (Å²) in [5, 5.41) is 2.44. The second-order valence-electron chi connectivity index (χ2n) is 11.6. The number of rotatable bonds is 6. The van der Waals surface area contributed by atoms with Crippen LogP contribution in [0.25, 0.3) is 10.8 Å². The van der Waals surface area contributed by atoms with Gasteiger partial charge in [0.25, 0.3) is 0 Å². The molecule has 36 heavy (non-hydrogen) atoms. The third-order valence-corrected chi connectivity index (χ3v) is 6.99. The summed E-state index contributed by atoms with van der Waals surface area (Å²) in [4.78, 5) is 12.3. The summed E-state index contributed by atoms with van der Waals surface area (Å²) in [6.07, 6.45) is 0.637. The van der Waals surface area contributed by atoms with Crippen LogP contribution < -0.4 is 10.2 Å². The van der Waals surface area contributed by atoms with E-state index >= 15 is 0 Å². The van der Waals surface area contributed by atoms with Gasteiger partial charge in [0.15, 0.2) is 6.61 Å². The van der Waals surface area contributed by atoms with Crippen molar-refractivity contribution in [3.8, 4) is 5.75 Å². The molecule has 6 heteroatoms. The minimum absolute atomic E-state index is 0.158. The molecule has 0 aromatic heterocycles. The maximum absolute atomic E-state index is 12.3. The van der Waals surface area contributed by atoms with Crippen molar-refractivity contribution in [3.05, 3.63) is 71.3 Å². The van der Waals surface area contributed by atoms with Crippen LogP contribution in [0.2, 0.25) is 0 Å². The number of carbonyl (C=O) groups excluding carboxylic acids is 1. The van der Waals surface area contributed by atoms with E-state index in [1.165, 1.54) is 21.9 Å². The second-order valence-corrected chi connectivity index (χ2v) is 11.6. The second kappa shape index (κ2) is 9.57. The van der Waals surface area contributed by atoms with E-state index in [4.69, 9.17) is 18.8 Å². The van der Waals surface area contributed by atoms with E-state index < -0.39 is 29.9 Å². The molecule has 3 aromatic carbocycles. The molecule has 1 fully saturated rings. The maximum atomic E-state index is 12.3. The largest absolute Gasteiger partial charge is 0.494 e. The third kappa shape index (κ3) is 5.60. The summed E-state index contributed by atoms with van der Waals surface area (Å²) in [6, 6.07) is 18.7. The molecule has 1 saturated heterocycles. The fraction of sp³-hybridized carbons (Fsp3) is 0.433. The van der Waals surface area contributed by atoms with Gasteiger partial charge in [0.1, 0.15) is 11.4 Å². The Balaban J connectivity index is 1.68. The first-order valence-electron chi connectivity index (χ1n) is 12.6. The Hall–Kier alpha value is -2.83. The van der Waals surface area contributed by atoms with Gasteiger partial charge in [0.05, 0.1) is 11.2 Å². The zero-order chi connectivity index (χ0) is 26.3. The predicted molar refractivity (Wildman–Crippen MR) is 145 cm³/mol. The topological polar surface area (TPSA) is 54.0 Å². The fourth-order valence-corrected chi connectivity index (χ4v) is 4.40. The Morgan fingerprint density at radius 1 is 0.889 bits per heavy atom. The van der Waals surface area contributed by atoms with Crippen molar-refractivity contribution in [1.82, 2.24) is 0 Å². The molecule has 0 unspecified atom stereocenters. The highest BCUT2D eigenvalue weighted by molar-refractivity contribution is 6.62. The highest BCUT2D eigenvalue weighted by Crippen LogP contribution is 2.37. The summed E-state index contributed by atoms with van der Waals surface area (Å²) in [7, 11) is -0.483. The Labute approximate surface area is 215 Å². The number of ether oxygens (including phenoxy) is 2. The Morgan fingerprint density at radius 2 is 1.53 bits per heavy atom. The van der Waals surface area contributed by atoms with Crippen LogP contribution in [0.4, 0.5) is 0 Å². The summed E-state index contributed by atoms with van der Waals surface area (Å²) in [5.41, 5.74) is 2.87. The SMILES string of the molecule is Cc1cccc2c(Cc3cc(B4OC(C)(C)C(C)(C)O4)ccc3OCC(=O)OC(C)(C)C)cccc12. The summed E-state index contributed by atoms with van der Waals surface area (Å²) in [6.45, 7) is 15.7. The average Bonchev–Trinajstić information content (AvgIpc) is 2.99. The van der Waals surface area contributed by atoms with Gasteiger partial charge in [-0.3, -0.25) is 0 Å². The summed E-state index contributed by atoms with van der Waals surface area (Å²) in [5.74, 6) is 0.245.